The minimum atomic E-state index is -3.73. The number of amides is 1. The molecule has 9 heteroatoms. The first-order valence-corrected chi connectivity index (χ1v) is 7.57. The maximum atomic E-state index is 13.3. The van der Waals surface area contributed by atoms with Crippen molar-refractivity contribution in [3.05, 3.63) is 29.6 Å². The summed E-state index contributed by atoms with van der Waals surface area (Å²) in [5.74, 6) is -2.66. The van der Waals surface area contributed by atoms with Crippen molar-refractivity contribution in [2.24, 2.45) is 5.73 Å². The summed E-state index contributed by atoms with van der Waals surface area (Å²) in [6, 6.07) is 3.11. The Bertz CT molecular complexity index is 645. The maximum Gasteiger partial charge on any atom is 0.305 e. The molecule has 0 atom stereocenters. The molecule has 0 unspecified atom stereocenters. The van der Waals surface area contributed by atoms with Crippen molar-refractivity contribution < 1.29 is 27.1 Å². The van der Waals surface area contributed by atoms with Crippen LogP contribution in [0.1, 0.15) is 23.2 Å². The van der Waals surface area contributed by atoms with Crippen LogP contribution in [0.2, 0.25) is 0 Å². The average molecular weight is 318 g/mol. The number of carbonyl (C=O) groups excluding carboxylic acids is 2. The molecule has 0 aliphatic carbocycles. The Hall–Kier alpha value is -2.16. The van der Waals surface area contributed by atoms with E-state index < -0.39 is 33.3 Å². The Morgan fingerprint density at radius 3 is 2.62 bits per heavy atom. The van der Waals surface area contributed by atoms with Gasteiger partial charge < -0.3 is 10.5 Å². The SMILES string of the molecule is COC(=O)CCCS(=O)(=O)Nc1ccc(F)c(C(N)=O)c1. The number of sulfonamides is 1. The van der Waals surface area contributed by atoms with E-state index in [1.807, 2.05) is 0 Å². The topological polar surface area (TPSA) is 116 Å². The van der Waals surface area contributed by atoms with Gasteiger partial charge in [0.15, 0.2) is 0 Å². The molecule has 1 aromatic carbocycles. The first kappa shape index (κ1) is 16.9. The lowest BCUT2D eigenvalue weighted by molar-refractivity contribution is -0.140. The van der Waals surface area contributed by atoms with Gasteiger partial charge in [0.2, 0.25) is 10.0 Å². The second-order valence-electron chi connectivity index (χ2n) is 4.16. The Labute approximate surface area is 121 Å². The fourth-order valence-electron chi connectivity index (χ4n) is 1.52. The molecule has 0 saturated heterocycles. The number of esters is 1. The van der Waals surface area contributed by atoms with E-state index in [2.05, 4.69) is 9.46 Å². The first-order valence-electron chi connectivity index (χ1n) is 5.92. The number of anilines is 1. The smallest absolute Gasteiger partial charge is 0.305 e. The van der Waals surface area contributed by atoms with Crippen LogP contribution in [0.4, 0.5) is 10.1 Å². The summed E-state index contributed by atoms with van der Waals surface area (Å²) < 4.78 is 43.3. The molecule has 0 bridgehead atoms. The van der Waals surface area contributed by atoms with Crippen molar-refractivity contribution in [2.45, 2.75) is 12.8 Å². The van der Waals surface area contributed by atoms with E-state index in [9.17, 15) is 22.4 Å². The van der Waals surface area contributed by atoms with Gasteiger partial charge in [-0.3, -0.25) is 14.3 Å². The van der Waals surface area contributed by atoms with Crippen molar-refractivity contribution in [3.8, 4) is 0 Å². The lowest BCUT2D eigenvalue weighted by Gasteiger charge is -2.09. The van der Waals surface area contributed by atoms with Gasteiger partial charge in [-0.1, -0.05) is 0 Å². The van der Waals surface area contributed by atoms with Crippen molar-refractivity contribution in [2.75, 3.05) is 17.6 Å². The highest BCUT2D eigenvalue weighted by Gasteiger charge is 2.14. The summed E-state index contributed by atoms with van der Waals surface area (Å²) in [5.41, 5.74) is 4.57. The number of ether oxygens (including phenoxy) is 1. The molecule has 3 N–H and O–H groups in total. The van der Waals surface area contributed by atoms with E-state index in [4.69, 9.17) is 5.73 Å². The molecule has 0 radical (unpaired) electrons. The zero-order chi connectivity index (χ0) is 16.0. The van der Waals surface area contributed by atoms with E-state index in [1.165, 1.54) is 13.2 Å². The van der Waals surface area contributed by atoms with E-state index in [0.29, 0.717) is 0 Å². The molecule has 0 aliphatic heterocycles. The number of rotatable bonds is 7. The van der Waals surface area contributed by atoms with Crippen molar-refractivity contribution in [1.82, 2.24) is 0 Å². The minimum Gasteiger partial charge on any atom is -0.469 e. The Morgan fingerprint density at radius 2 is 2.05 bits per heavy atom. The lowest BCUT2D eigenvalue weighted by Crippen LogP contribution is -2.19. The lowest BCUT2D eigenvalue weighted by atomic mass is 10.2. The molecule has 1 rings (SSSR count). The van der Waals surface area contributed by atoms with Gasteiger partial charge in [0, 0.05) is 12.1 Å². The predicted octanol–water partition coefficient (Wildman–Crippen LogP) is 0.619. The fourth-order valence-corrected chi connectivity index (χ4v) is 2.63. The molecule has 116 valence electrons. The molecule has 0 spiro atoms. The van der Waals surface area contributed by atoms with Gasteiger partial charge in [-0.05, 0) is 24.6 Å². The van der Waals surface area contributed by atoms with Crippen LogP contribution >= 0.6 is 0 Å². The van der Waals surface area contributed by atoms with Gasteiger partial charge in [-0.2, -0.15) is 0 Å². The molecular weight excluding hydrogens is 303 g/mol. The van der Waals surface area contributed by atoms with E-state index >= 15 is 0 Å². The average Bonchev–Trinajstić information content (AvgIpc) is 2.39. The van der Waals surface area contributed by atoms with Crippen LogP contribution in [0.5, 0.6) is 0 Å². The van der Waals surface area contributed by atoms with Crippen LogP contribution in [-0.2, 0) is 19.6 Å². The summed E-state index contributed by atoms with van der Waals surface area (Å²) in [4.78, 5) is 21.9. The van der Waals surface area contributed by atoms with E-state index in [1.54, 1.807) is 0 Å². The minimum absolute atomic E-state index is 0.0169. The normalized spacial score (nSPS) is 11.0. The van der Waals surface area contributed by atoms with Gasteiger partial charge >= 0.3 is 5.97 Å². The number of carbonyl (C=O) groups is 2. The zero-order valence-electron chi connectivity index (χ0n) is 11.3. The molecule has 21 heavy (non-hydrogen) atoms. The molecule has 7 nitrogen and oxygen atoms in total. The Morgan fingerprint density at radius 1 is 1.38 bits per heavy atom. The van der Waals surface area contributed by atoms with Crippen LogP contribution in [0, 0.1) is 5.82 Å². The number of primary amides is 1. The van der Waals surface area contributed by atoms with Gasteiger partial charge in [0.05, 0.1) is 18.4 Å². The second kappa shape index (κ2) is 7.02. The highest BCUT2D eigenvalue weighted by atomic mass is 32.2. The number of hydrogen-bond acceptors (Lipinski definition) is 5. The van der Waals surface area contributed by atoms with Gasteiger partial charge in [0.25, 0.3) is 5.91 Å². The van der Waals surface area contributed by atoms with Crippen LogP contribution in [0.3, 0.4) is 0 Å². The highest BCUT2D eigenvalue weighted by Crippen LogP contribution is 2.16. The fraction of sp³-hybridized carbons (Fsp3) is 0.333. The number of halogens is 1. The van der Waals surface area contributed by atoms with Crippen LogP contribution in [0.15, 0.2) is 18.2 Å². The maximum absolute atomic E-state index is 13.3. The summed E-state index contributed by atoms with van der Waals surface area (Å²) in [7, 11) is -2.52. The monoisotopic (exact) mass is 318 g/mol. The molecule has 0 fully saturated rings. The first-order chi connectivity index (χ1) is 9.75. The molecule has 1 amide bonds. The van der Waals surface area contributed by atoms with Gasteiger partial charge in [0.1, 0.15) is 5.82 Å². The van der Waals surface area contributed by atoms with Crippen molar-refractivity contribution in [3.63, 3.8) is 0 Å². The summed E-state index contributed by atoms with van der Waals surface area (Å²) >= 11 is 0. The number of benzene rings is 1. The molecule has 0 saturated carbocycles. The van der Waals surface area contributed by atoms with Crippen molar-refractivity contribution in [1.29, 1.82) is 0 Å². The molecule has 1 aromatic rings. The third-order valence-corrected chi connectivity index (χ3v) is 3.90. The zero-order valence-corrected chi connectivity index (χ0v) is 12.1. The number of methoxy groups -OCH3 is 1. The third-order valence-electron chi connectivity index (χ3n) is 2.53. The number of nitrogens with two attached hydrogens (primary N) is 1. The molecule has 0 aromatic heterocycles. The summed E-state index contributed by atoms with van der Waals surface area (Å²) in [6.45, 7) is 0. The van der Waals surface area contributed by atoms with Crippen LogP contribution in [-0.4, -0.2) is 33.2 Å². The highest BCUT2D eigenvalue weighted by molar-refractivity contribution is 7.92. The molecule has 0 aliphatic rings. The third kappa shape index (κ3) is 5.38. The number of hydrogen-bond donors (Lipinski definition) is 2. The van der Waals surface area contributed by atoms with E-state index in [0.717, 1.165) is 12.1 Å². The molecule has 0 heterocycles. The molecular formula is C12H15FN2O5S. The van der Waals surface area contributed by atoms with Crippen LogP contribution < -0.4 is 10.5 Å². The Kier molecular flexibility index (Phi) is 5.65. The predicted molar refractivity (Wildman–Crippen MR) is 73.6 cm³/mol. The summed E-state index contributed by atoms with van der Waals surface area (Å²) in [5, 5.41) is 0. The van der Waals surface area contributed by atoms with Gasteiger partial charge in [-0.25, -0.2) is 12.8 Å². The quantitative estimate of drug-likeness (QED) is 0.715. The standard InChI is InChI=1S/C12H15FN2O5S/c1-20-11(16)3-2-6-21(18,19)15-8-4-5-10(13)9(7-8)12(14)17/h4-5,7,15H,2-3,6H2,1H3,(H2,14,17). The number of nitrogens with one attached hydrogen (secondary N) is 1. The largest absolute Gasteiger partial charge is 0.469 e. The van der Waals surface area contributed by atoms with Crippen molar-refractivity contribution >= 4 is 27.6 Å². The second-order valence-corrected chi connectivity index (χ2v) is 6.00. The Balaban J connectivity index is 2.73. The van der Waals surface area contributed by atoms with E-state index in [-0.39, 0.29) is 24.3 Å². The van der Waals surface area contributed by atoms with Gasteiger partial charge in [-0.15, -0.1) is 0 Å². The van der Waals surface area contributed by atoms with Crippen LogP contribution in [0.25, 0.3) is 0 Å². The summed E-state index contributed by atoms with van der Waals surface area (Å²) in [6.07, 6.45) is 0.0409.